The van der Waals surface area contributed by atoms with Crippen molar-refractivity contribution in [3.63, 3.8) is 0 Å². The van der Waals surface area contributed by atoms with Crippen LogP contribution in [0.1, 0.15) is 63.0 Å². The molecule has 1 saturated heterocycles. The van der Waals surface area contributed by atoms with E-state index in [-0.39, 0.29) is 42.2 Å². The third-order valence-corrected chi connectivity index (χ3v) is 7.30. The molecule has 2 amide bonds. The van der Waals surface area contributed by atoms with Gasteiger partial charge in [0.1, 0.15) is 17.3 Å². The number of thiazole rings is 1. The molecule has 7 nitrogen and oxygen atoms in total. The van der Waals surface area contributed by atoms with Crippen molar-refractivity contribution < 1.29 is 23.5 Å². The number of halogens is 1. The van der Waals surface area contributed by atoms with E-state index < -0.39 is 0 Å². The first-order valence-electron chi connectivity index (χ1n) is 11.9. The van der Waals surface area contributed by atoms with E-state index in [1.54, 1.807) is 48.9 Å². The third kappa shape index (κ3) is 6.54. The van der Waals surface area contributed by atoms with Gasteiger partial charge in [-0.25, -0.2) is 9.37 Å². The van der Waals surface area contributed by atoms with Crippen LogP contribution in [0.25, 0.3) is 0 Å². The fourth-order valence-electron chi connectivity index (χ4n) is 4.13. The van der Waals surface area contributed by atoms with Crippen molar-refractivity contribution in [2.24, 2.45) is 0 Å². The van der Waals surface area contributed by atoms with E-state index in [2.05, 4.69) is 10.3 Å². The highest BCUT2D eigenvalue weighted by Crippen LogP contribution is 2.30. The van der Waals surface area contributed by atoms with E-state index in [4.69, 9.17) is 4.74 Å². The Morgan fingerprint density at radius 2 is 1.75 bits per heavy atom. The second kappa shape index (κ2) is 11.9. The normalized spacial score (nSPS) is 13.9. The number of nitrogens with one attached hydrogen (secondary N) is 1. The molecule has 1 aliphatic rings. The van der Waals surface area contributed by atoms with Gasteiger partial charge in [-0.05, 0) is 54.8 Å². The molecule has 2 aromatic carbocycles. The third-order valence-electron chi connectivity index (χ3n) is 6.30. The topological polar surface area (TPSA) is 88.6 Å². The molecule has 0 aliphatic carbocycles. The summed E-state index contributed by atoms with van der Waals surface area (Å²) < 4.78 is 18.1. The van der Waals surface area contributed by atoms with Crippen molar-refractivity contribution in [1.29, 1.82) is 0 Å². The van der Waals surface area contributed by atoms with Gasteiger partial charge >= 0.3 is 0 Å². The molecule has 1 fully saturated rings. The van der Waals surface area contributed by atoms with Crippen molar-refractivity contribution in [3.05, 3.63) is 81.6 Å². The molecule has 0 unspecified atom stereocenters. The molecular formula is C27H28FN3O4S. The number of carbonyl (C=O) groups is 3. The minimum Gasteiger partial charge on any atom is -0.497 e. The average Bonchev–Trinajstić information content (AvgIpc) is 3.42. The zero-order chi connectivity index (χ0) is 25.5. The quantitative estimate of drug-likeness (QED) is 0.426. The number of methoxy groups -OCH3 is 1. The predicted octanol–water partition coefficient (Wildman–Crippen LogP) is 4.59. The smallest absolute Gasteiger partial charge is 0.271 e. The number of benzene rings is 2. The lowest BCUT2D eigenvalue weighted by Crippen LogP contribution is -2.38. The number of likely N-dealkylation sites (tertiary alicyclic amines) is 1. The van der Waals surface area contributed by atoms with Crippen LogP contribution in [-0.2, 0) is 11.3 Å². The molecule has 0 bridgehead atoms. The Labute approximate surface area is 213 Å². The number of aromatic nitrogens is 1. The van der Waals surface area contributed by atoms with Crippen LogP contribution < -0.4 is 10.1 Å². The molecule has 0 saturated carbocycles. The maximum absolute atomic E-state index is 13.0. The van der Waals surface area contributed by atoms with Crippen molar-refractivity contribution in [1.82, 2.24) is 15.2 Å². The van der Waals surface area contributed by atoms with Crippen LogP contribution in [0.4, 0.5) is 4.39 Å². The zero-order valence-electron chi connectivity index (χ0n) is 20.0. The van der Waals surface area contributed by atoms with Crippen LogP contribution in [0, 0.1) is 5.82 Å². The highest BCUT2D eigenvalue weighted by molar-refractivity contribution is 7.09. The van der Waals surface area contributed by atoms with Crippen LogP contribution in [0.5, 0.6) is 5.75 Å². The monoisotopic (exact) mass is 509 g/mol. The number of hydrogen-bond donors (Lipinski definition) is 1. The van der Waals surface area contributed by atoms with Gasteiger partial charge in [0, 0.05) is 49.3 Å². The van der Waals surface area contributed by atoms with Crippen LogP contribution in [0.15, 0.2) is 53.9 Å². The minimum absolute atomic E-state index is 0.0182. The molecule has 188 valence electrons. The van der Waals surface area contributed by atoms with Gasteiger partial charge in [-0.3, -0.25) is 14.4 Å². The maximum Gasteiger partial charge on any atom is 0.271 e. The summed E-state index contributed by atoms with van der Waals surface area (Å²) in [6.45, 7) is 1.51. The standard InChI is InChI=1S/C27H28FN3O4S/c1-35-22-8-4-19(5-9-22)24(32)10-11-25(33)31-14-12-20(13-15-31)27-30-23(17-36-27)26(34)29-16-18-2-6-21(28)7-3-18/h2-9,17,20H,10-16H2,1H3,(H,29,34). The van der Waals surface area contributed by atoms with E-state index in [0.29, 0.717) is 36.6 Å². The fourth-order valence-corrected chi connectivity index (χ4v) is 5.10. The minimum atomic E-state index is -0.316. The lowest BCUT2D eigenvalue weighted by molar-refractivity contribution is -0.132. The van der Waals surface area contributed by atoms with Gasteiger partial charge in [0.25, 0.3) is 5.91 Å². The SMILES string of the molecule is COc1ccc(C(=O)CCC(=O)N2CCC(c3nc(C(=O)NCc4ccc(F)cc4)cs3)CC2)cc1. The molecule has 0 atom stereocenters. The van der Waals surface area contributed by atoms with E-state index in [0.717, 1.165) is 23.4 Å². The Kier molecular flexibility index (Phi) is 8.43. The molecule has 9 heteroatoms. The summed E-state index contributed by atoms with van der Waals surface area (Å²) in [5.41, 5.74) is 1.75. The summed E-state index contributed by atoms with van der Waals surface area (Å²) >= 11 is 1.45. The lowest BCUT2D eigenvalue weighted by atomic mass is 9.97. The first-order chi connectivity index (χ1) is 17.4. The fraction of sp³-hybridized carbons (Fsp3) is 0.333. The first-order valence-corrected chi connectivity index (χ1v) is 12.7. The molecular weight excluding hydrogens is 481 g/mol. The van der Waals surface area contributed by atoms with Crippen molar-refractivity contribution in [2.45, 2.75) is 38.1 Å². The Bertz CT molecular complexity index is 1200. The molecule has 3 aromatic rings. The number of ether oxygens (including phenoxy) is 1. The number of carbonyl (C=O) groups excluding carboxylic acids is 3. The number of ketones is 1. The number of rotatable bonds is 9. The molecule has 1 aromatic heterocycles. The van der Waals surface area contributed by atoms with Crippen LogP contribution in [-0.4, -0.2) is 47.7 Å². The van der Waals surface area contributed by atoms with Crippen molar-refractivity contribution >= 4 is 28.9 Å². The lowest BCUT2D eigenvalue weighted by Gasteiger charge is -2.31. The van der Waals surface area contributed by atoms with Crippen molar-refractivity contribution in [3.8, 4) is 5.75 Å². The van der Waals surface area contributed by atoms with Crippen LogP contribution in [0.2, 0.25) is 0 Å². The molecule has 2 heterocycles. The van der Waals surface area contributed by atoms with Gasteiger partial charge in [0.05, 0.1) is 12.1 Å². The number of amides is 2. The van der Waals surface area contributed by atoms with Crippen LogP contribution >= 0.6 is 11.3 Å². The van der Waals surface area contributed by atoms with Gasteiger partial charge in [0.15, 0.2) is 5.78 Å². The number of nitrogens with zero attached hydrogens (tertiary/aromatic N) is 2. The summed E-state index contributed by atoms with van der Waals surface area (Å²) in [4.78, 5) is 43.8. The van der Waals surface area contributed by atoms with Gasteiger partial charge in [-0.15, -0.1) is 11.3 Å². The van der Waals surface area contributed by atoms with Crippen molar-refractivity contribution in [2.75, 3.05) is 20.2 Å². The highest BCUT2D eigenvalue weighted by Gasteiger charge is 2.26. The van der Waals surface area contributed by atoms with Gasteiger partial charge in [-0.2, -0.15) is 0 Å². The van der Waals surface area contributed by atoms with E-state index >= 15 is 0 Å². The zero-order valence-corrected chi connectivity index (χ0v) is 20.9. The summed E-state index contributed by atoms with van der Waals surface area (Å²) in [5, 5.41) is 5.45. The Hall–Kier alpha value is -3.59. The summed E-state index contributed by atoms with van der Waals surface area (Å²) in [5.74, 6) is 0.214. The Balaban J connectivity index is 1.21. The van der Waals surface area contributed by atoms with E-state index in [1.165, 1.54) is 23.5 Å². The van der Waals surface area contributed by atoms with Crippen LogP contribution in [0.3, 0.4) is 0 Å². The summed E-state index contributed by atoms with van der Waals surface area (Å²) in [6, 6.07) is 12.9. The summed E-state index contributed by atoms with van der Waals surface area (Å²) in [7, 11) is 1.57. The number of Topliss-reactive ketones (excluding diaryl/α,β-unsaturated/α-hetero) is 1. The molecule has 0 spiro atoms. The molecule has 4 rings (SSSR count). The van der Waals surface area contributed by atoms with E-state index in [9.17, 15) is 18.8 Å². The second-order valence-corrected chi connectivity index (χ2v) is 9.58. The average molecular weight is 510 g/mol. The number of piperidine rings is 1. The Morgan fingerprint density at radius 3 is 2.42 bits per heavy atom. The second-order valence-electron chi connectivity index (χ2n) is 8.69. The van der Waals surface area contributed by atoms with Gasteiger partial charge < -0.3 is 15.0 Å². The van der Waals surface area contributed by atoms with Gasteiger partial charge in [0.2, 0.25) is 5.91 Å². The Morgan fingerprint density at radius 1 is 1.06 bits per heavy atom. The largest absolute Gasteiger partial charge is 0.497 e. The predicted molar refractivity (Wildman–Crippen MR) is 135 cm³/mol. The highest BCUT2D eigenvalue weighted by atomic mass is 32.1. The summed E-state index contributed by atoms with van der Waals surface area (Å²) in [6.07, 6.45) is 1.89. The molecule has 1 N–H and O–H groups in total. The van der Waals surface area contributed by atoms with Gasteiger partial charge in [-0.1, -0.05) is 12.1 Å². The molecule has 36 heavy (non-hydrogen) atoms. The van der Waals surface area contributed by atoms with E-state index in [1.807, 2.05) is 4.90 Å². The number of hydrogen-bond acceptors (Lipinski definition) is 6. The maximum atomic E-state index is 13.0. The molecule has 1 aliphatic heterocycles. The molecule has 0 radical (unpaired) electrons. The first kappa shape index (κ1) is 25.5.